The summed E-state index contributed by atoms with van der Waals surface area (Å²) in [5.74, 6) is -0.413. The quantitative estimate of drug-likeness (QED) is 0.789. The van der Waals surface area contributed by atoms with Crippen LogP contribution in [0.25, 0.3) is 0 Å². The van der Waals surface area contributed by atoms with Crippen LogP contribution in [0.4, 0.5) is 0 Å². The van der Waals surface area contributed by atoms with E-state index in [1.54, 1.807) is 0 Å². The monoisotopic (exact) mass is 394 g/mol. The molecular weight excluding hydrogens is 372 g/mol. The number of rotatable bonds is 6. The number of benzene rings is 2. The lowest BCUT2D eigenvalue weighted by Crippen LogP contribution is -2.37. The first-order chi connectivity index (χ1) is 12.1. The van der Waals surface area contributed by atoms with Crippen molar-refractivity contribution in [2.75, 3.05) is 13.6 Å². The van der Waals surface area contributed by atoms with Gasteiger partial charge in [-0.2, -0.15) is 0 Å². The van der Waals surface area contributed by atoms with Crippen molar-refractivity contribution in [2.45, 2.75) is 31.1 Å². The fourth-order valence-corrected chi connectivity index (χ4v) is 3.49. The van der Waals surface area contributed by atoms with Gasteiger partial charge in [0.1, 0.15) is 0 Å². The molecule has 2 aromatic rings. The molecule has 7 heteroatoms. The molecule has 0 atom stereocenters. The third kappa shape index (κ3) is 4.63. The summed E-state index contributed by atoms with van der Waals surface area (Å²) < 4.78 is 26.1. The Hall–Kier alpha value is -1.89. The summed E-state index contributed by atoms with van der Waals surface area (Å²) in [5, 5.41) is 3.06. The summed E-state index contributed by atoms with van der Waals surface area (Å²) in [7, 11) is -2.34. The van der Waals surface area contributed by atoms with Crippen LogP contribution in [0.15, 0.2) is 47.4 Å². The van der Waals surface area contributed by atoms with Gasteiger partial charge in [-0.05, 0) is 37.7 Å². The number of aryl methyl sites for hydroxylation is 1. The Morgan fingerprint density at radius 1 is 1.15 bits per heavy atom. The molecule has 2 rings (SSSR count). The van der Waals surface area contributed by atoms with Gasteiger partial charge < -0.3 is 5.32 Å². The molecule has 0 unspecified atom stereocenters. The van der Waals surface area contributed by atoms with E-state index in [1.807, 2.05) is 39.0 Å². The number of carbonyl (C=O) groups excluding carboxylic acids is 1. The Bertz CT molecular complexity index is 924. The van der Waals surface area contributed by atoms with Gasteiger partial charge in [-0.15, -0.1) is 0 Å². The number of hydrogen-bond acceptors (Lipinski definition) is 3. The van der Waals surface area contributed by atoms with Crippen LogP contribution in [0.5, 0.6) is 0 Å². The van der Waals surface area contributed by atoms with E-state index in [1.165, 1.54) is 25.2 Å². The lowest BCUT2D eigenvalue weighted by atomic mass is 9.84. The second kappa shape index (κ2) is 7.78. The molecule has 0 bridgehead atoms. The smallest absolute Gasteiger partial charge is 0.252 e. The highest BCUT2D eigenvalue weighted by Gasteiger charge is 2.23. The van der Waals surface area contributed by atoms with Crippen molar-refractivity contribution < 1.29 is 13.2 Å². The van der Waals surface area contributed by atoms with Gasteiger partial charge in [0.05, 0.1) is 15.5 Å². The first-order valence-corrected chi connectivity index (χ1v) is 10.0. The summed E-state index contributed by atoms with van der Waals surface area (Å²) in [6.07, 6.45) is 0. The minimum atomic E-state index is -3.65. The predicted octanol–water partition coefficient (Wildman–Crippen LogP) is 3.26. The molecule has 2 N–H and O–H groups in total. The Morgan fingerprint density at radius 2 is 1.85 bits per heavy atom. The minimum Gasteiger partial charge on any atom is -0.351 e. The van der Waals surface area contributed by atoms with Gasteiger partial charge in [-0.25, -0.2) is 13.1 Å². The van der Waals surface area contributed by atoms with Crippen LogP contribution in [0.1, 0.15) is 35.3 Å². The highest BCUT2D eigenvalue weighted by Crippen LogP contribution is 2.24. The van der Waals surface area contributed by atoms with Crippen molar-refractivity contribution in [3.05, 3.63) is 64.2 Å². The number of carbonyl (C=O) groups is 1. The molecule has 0 spiro atoms. The molecule has 26 heavy (non-hydrogen) atoms. The summed E-state index contributed by atoms with van der Waals surface area (Å²) in [5.41, 5.74) is 2.09. The van der Waals surface area contributed by atoms with Crippen molar-refractivity contribution in [1.29, 1.82) is 0 Å². The molecule has 0 aliphatic heterocycles. The third-order valence-corrected chi connectivity index (χ3v) is 5.99. The van der Waals surface area contributed by atoms with Crippen LogP contribution in [0.2, 0.25) is 5.02 Å². The molecule has 140 valence electrons. The largest absolute Gasteiger partial charge is 0.351 e. The lowest BCUT2D eigenvalue weighted by Gasteiger charge is -2.26. The second-order valence-electron chi connectivity index (χ2n) is 6.79. The SMILES string of the molecule is CNS(=O)(=O)c1ccc(Cl)c(C(=O)NCC(C)(C)c2cccc(C)c2)c1. The summed E-state index contributed by atoms with van der Waals surface area (Å²) >= 11 is 6.10. The third-order valence-electron chi connectivity index (χ3n) is 4.25. The van der Waals surface area contributed by atoms with Gasteiger partial charge in [0, 0.05) is 12.0 Å². The number of halogens is 1. The normalized spacial score (nSPS) is 12.0. The van der Waals surface area contributed by atoms with Gasteiger partial charge in [-0.3, -0.25) is 4.79 Å². The van der Waals surface area contributed by atoms with E-state index in [0.717, 1.165) is 11.1 Å². The molecule has 0 aliphatic carbocycles. The van der Waals surface area contributed by atoms with Crippen molar-refractivity contribution in [1.82, 2.24) is 10.0 Å². The number of sulfonamides is 1. The van der Waals surface area contributed by atoms with E-state index in [0.29, 0.717) is 6.54 Å². The van der Waals surface area contributed by atoms with Crippen LogP contribution in [0.3, 0.4) is 0 Å². The van der Waals surface area contributed by atoms with E-state index in [9.17, 15) is 13.2 Å². The zero-order chi connectivity index (χ0) is 19.5. The molecule has 0 heterocycles. The Morgan fingerprint density at radius 3 is 2.46 bits per heavy atom. The number of nitrogens with one attached hydrogen (secondary N) is 2. The zero-order valence-electron chi connectivity index (χ0n) is 15.3. The average Bonchev–Trinajstić information content (AvgIpc) is 2.60. The molecule has 0 saturated heterocycles. The second-order valence-corrected chi connectivity index (χ2v) is 9.08. The molecular formula is C19H23ClN2O3S. The Balaban J connectivity index is 2.21. The van der Waals surface area contributed by atoms with E-state index in [4.69, 9.17) is 11.6 Å². The van der Waals surface area contributed by atoms with E-state index < -0.39 is 15.9 Å². The Labute approximate surface area is 159 Å². The van der Waals surface area contributed by atoms with Gasteiger partial charge >= 0.3 is 0 Å². The van der Waals surface area contributed by atoms with Crippen LogP contribution >= 0.6 is 11.6 Å². The summed E-state index contributed by atoms with van der Waals surface area (Å²) in [6, 6.07) is 12.2. The topological polar surface area (TPSA) is 75.3 Å². The molecule has 2 aromatic carbocycles. The first kappa shape index (κ1) is 20.4. The van der Waals surface area contributed by atoms with Crippen LogP contribution in [0, 0.1) is 6.92 Å². The predicted molar refractivity (Wildman–Crippen MR) is 104 cm³/mol. The fourth-order valence-electron chi connectivity index (χ4n) is 2.53. The molecule has 1 amide bonds. The van der Waals surface area contributed by atoms with E-state index >= 15 is 0 Å². The molecule has 5 nitrogen and oxygen atoms in total. The zero-order valence-corrected chi connectivity index (χ0v) is 16.8. The number of hydrogen-bond donors (Lipinski definition) is 2. The maximum Gasteiger partial charge on any atom is 0.252 e. The fraction of sp³-hybridized carbons (Fsp3) is 0.316. The minimum absolute atomic E-state index is 0.00695. The van der Waals surface area contributed by atoms with Crippen molar-refractivity contribution in [3.63, 3.8) is 0 Å². The highest BCUT2D eigenvalue weighted by atomic mass is 35.5. The van der Waals surface area contributed by atoms with E-state index in [2.05, 4.69) is 16.1 Å². The van der Waals surface area contributed by atoms with Gasteiger partial charge in [-0.1, -0.05) is 55.3 Å². The van der Waals surface area contributed by atoms with Crippen LogP contribution < -0.4 is 10.0 Å². The summed E-state index contributed by atoms with van der Waals surface area (Å²) in [6.45, 7) is 6.47. The molecule has 0 aromatic heterocycles. The lowest BCUT2D eigenvalue weighted by molar-refractivity contribution is 0.0945. The van der Waals surface area contributed by atoms with Gasteiger partial charge in [0.25, 0.3) is 5.91 Å². The van der Waals surface area contributed by atoms with Gasteiger partial charge in [0.2, 0.25) is 10.0 Å². The maximum atomic E-state index is 12.6. The summed E-state index contributed by atoms with van der Waals surface area (Å²) in [4.78, 5) is 12.6. The van der Waals surface area contributed by atoms with Crippen molar-refractivity contribution >= 4 is 27.5 Å². The van der Waals surface area contributed by atoms with Crippen molar-refractivity contribution in [2.24, 2.45) is 0 Å². The van der Waals surface area contributed by atoms with E-state index in [-0.39, 0.29) is 20.9 Å². The number of amides is 1. The standard InChI is InChI=1S/C19H23ClN2O3S/c1-13-6-5-7-14(10-13)19(2,3)12-22-18(23)16-11-15(8-9-17(16)20)26(24,25)21-4/h5-11,21H,12H2,1-4H3,(H,22,23). The van der Waals surface area contributed by atoms with Crippen molar-refractivity contribution in [3.8, 4) is 0 Å². The highest BCUT2D eigenvalue weighted by molar-refractivity contribution is 7.89. The molecule has 0 aliphatic rings. The maximum absolute atomic E-state index is 12.6. The average molecular weight is 395 g/mol. The van der Waals surface area contributed by atoms with Crippen LogP contribution in [-0.2, 0) is 15.4 Å². The molecule has 0 saturated carbocycles. The molecule has 0 radical (unpaired) electrons. The van der Waals surface area contributed by atoms with Gasteiger partial charge in [0.15, 0.2) is 0 Å². The molecule has 0 fully saturated rings. The Kier molecular flexibility index (Phi) is 6.11. The first-order valence-electron chi connectivity index (χ1n) is 8.15. The van der Waals surface area contributed by atoms with Crippen LogP contribution in [-0.4, -0.2) is 27.9 Å².